The number of halogens is 3. The molecule has 1 heterocycles. The number of amides is 1. The monoisotopic (exact) mass is 489 g/mol. The van der Waals surface area contributed by atoms with Crippen LogP contribution in [0.1, 0.15) is 43.2 Å². The molecule has 11 heteroatoms. The van der Waals surface area contributed by atoms with Crippen LogP contribution in [0.2, 0.25) is 0 Å². The maximum Gasteiger partial charge on any atom is 0.416 e. The summed E-state index contributed by atoms with van der Waals surface area (Å²) in [7, 11) is 2.37. The molecule has 2 aromatic carbocycles. The summed E-state index contributed by atoms with van der Waals surface area (Å²) in [6, 6.07) is 8.69. The first kappa shape index (κ1) is 25.5. The predicted molar refractivity (Wildman–Crippen MR) is 119 cm³/mol. The van der Waals surface area contributed by atoms with Gasteiger partial charge in [-0.05, 0) is 50.2 Å². The Morgan fingerprint density at radius 2 is 1.69 bits per heavy atom. The van der Waals surface area contributed by atoms with Gasteiger partial charge in [-0.1, -0.05) is 6.07 Å². The fourth-order valence-electron chi connectivity index (χ4n) is 3.53. The van der Waals surface area contributed by atoms with Gasteiger partial charge >= 0.3 is 18.1 Å². The minimum Gasteiger partial charge on any atom is -0.465 e. The lowest BCUT2D eigenvalue weighted by molar-refractivity contribution is -0.137. The van der Waals surface area contributed by atoms with E-state index in [0.29, 0.717) is 17.0 Å². The molecule has 1 aromatic heterocycles. The summed E-state index contributed by atoms with van der Waals surface area (Å²) in [4.78, 5) is 36.8. The number of esters is 2. The minimum absolute atomic E-state index is 0.0293. The standard InChI is InChI=1S/C24H22F3N3O5/c1-13-19(14(2)30(29-13)17-7-5-6-16(11-17)24(25,26)27)12-21(31)28-20-10-15(22(32)34-3)8-9-18(20)23(33)35-4/h5-11H,12H2,1-4H3,(H,28,31). The van der Waals surface area contributed by atoms with Crippen molar-refractivity contribution >= 4 is 23.5 Å². The van der Waals surface area contributed by atoms with E-state index in [1.54, 1.807) is 13.8 Å². The Labute approximate surface area is 198 Å². The second-order valence-corrected chi connectivity index (χ2v) is 7.58. The number of hydrogen-bond acceptors (Lipinski definition) is 6. The normalized spacial score (nSPS) is 11.2. The number of alkyl halides is 3. The zero-order valence-electron chi connectivity index (χ0n) is 19.3. The number of ether oxygens (including phenoxy) is 2. The molecule has 0 atom stereocenters. The lowest BCUT2D eigenvalue weighted by atomic mass is 10.1. The number of nitrogens with one attached hydrogen (secondary N) is 1. The molecule has 3 aromatic rings. The molecule has 3 rings (SSSR count). The third kappa shape index (κ3) is 5.51. The molecule has 0 fully saturated rings. The molecular weight excluding hydrogens is 467 g/mol. The molecule has 0 radical (unpaired) electrons. The number of carbonyl (C=O) groups excluding carboxylic acids is 3. The number of carbonyl (C=O) groups is 3. The number of anilines is 1. The van der Waals surface area contributed by atoms with Crippen LogP contribution in [0.4, 0.5) is 18.9 Å². The molecule has 0 aliphatic carbocycles. The van der Waals surface area contributed by atoms with Crippen molar-refractivity contribution in [1.82, 2.24) is 9.78 Å². The summed E-state index contributed by atoms with van der Waals surface area (Å²) < 4.78 is 50.1. The lowest BCUT2D eigenvalue weighted by Gasteiger charge is -2.12. The quantitative estimate of drug-likeness (QED) is 0.520. The zero-order valence-corrected chi connectivity index (χ0v) is 19.3. The molecule has 1 N–H and O–H groups in total. The second kappa shape index (κ2) is 10.00. The molecule has 0 spiro atoms. The van der Waals surface area contributed by atoms with Gasteiger partial charge in [0.25, 0.3) is 0 Å². The minimum atomic E-state index is -4.51. The summed E-state index contributed by atoms with van der Waals surface area (Å²) in [6.07, 6.45) is -4.69. The van der Waals surface area contributed by atoms with Crippen molar-refractivity contribution in [3.8, 4) is 5.69 Å². The van der Waals surface area contributed by atoms with Crippen LogP contribution in [0.25, 0.3) is 5.69 Å². The third-order valence-electron chi connectivity index (χ3n) is 5.32. The van der Waals surface area contributed by atoms with Gasteiger partial charge in [0.15, 0.2) is 0 Å². The molecular formula is C24H22F3N3O5. The summed E-state index contributed by atoms with van der Waals surface area (Å²) in [5.41, 5.74) is 1.00. The van der Waals surface area contributed by atoms with Gasteiger partial charge in [0, 0.05) is 11.3 Å². The Balaban J connectivity index is 1.90. The molecule has 0 saturated heterocycles. The van der Waals surface area contributed by atoms with Gasteiger partial charge in [-0.15, -0.1) is 0 Å². The van der Waals surface area contributed by atoms with E-state index in [1.807, 2.05) is 0 Å². The van der Waals surface area contributed by atoms with Gasteiger partial charge in [0.2, 0.25) is 5.91 Å². The highest BCUT2D eigenvalue weighted by atomic mass is 19.4. The van der Waals surface area contributed by atoms with Crippen LogP contribution in [0.3, 0.4) is 0 Å². The van der Waals surface area contributed by atoms with E-state index in [-0.39, 0.29) is 28.9 Å². The Morgan fingerprint density at radius 3 is 2.31 bits per heavy atom. The van der Waals surface area contributed by atoms with Gasteiger partial charge in [-0.2, -0.15) is 18.3 Å². The summed E-state index contributed by atoms with van der Waals surface area (Å²) in [6.45, 7) is 3.28. The Morgan fingerprint density at radius 1 is 1.00 bits per heavy atom. The molecule has 0 saturated carbocycles. The maximum absolute atomic E-state index is 13.1. The number of aryl methyl sites for hydroxylation is 1. The van der Waals surface area contributed by atoms with Crippen LogP contribution < -0.4 is 5.32 Å². The molecule has 8 nitrogen and oxygen atoms in total. The predicted octanol–water partition coefficient (Wildman–Crippen LogP) is 4.26. The highest BCUT2D eigenvalue weighted by Gasteiger charge is 2.31. The zero-order chi connectivity index (χ0) is 25.9. The van der Waals surface area contributed by atoms with Gasteiger partial charge in [0.05, 0.1) is 54.4 Å². The number of rotatable bonds is 6. The van der Waals surface area contributed by atoms with Gasteiger partial charge in [0.1, 0.15) is 0 Å². The van der Waals surface area contributed by atoms with Crippen LogP contribution in [0.15, 0.2) is 42.5 Å². The number of methoxy groups -OCH3 is 2. The van der Waals surface area contributed by atoms with Crippen molar-refractivity contribution in [2.45, 2.75) is 26.4 Å². The number of aromatic nitrogens is 2. The highest BCUT2D eigenvalue weighted by Crippen LogP contribution is 2.31. The number of nitrogens with zero attached hydrogens (tertiary/aromatic N) is 2. The summed E-state index contributed by atoms with van der Waals surface area (Å²) in [5.74, 6) is -1.92. The van der Waals surface area contributed by atoms with E-state index in [0.717, 1.165) is 12.1 Å². The number of benzene rings is 2. The van der Waals surface area contributed by atoms with Gasteiger partial charge in [-0.3, -0.25) is 4.79 Å². The van der Waals surface area contributed by atoms with Crippen molar-refractivity contribution in [3.05, 3.63) is 76.1 Å². The fraction of sp³-hybridized carbons (Fsp3) is 0.250. The Bertz CT molecular complexity index is 1300. The molecule has 184 valence electrons. The molecule has 0 aliphatic heterocycles. The molecule has 1 amide bonds. The van der Waals surface area contributed by atoms with Crippen LogP contribution in [-0.4, -0.2) is 41.8 Å². The van der Waals surface area contributed by atoms with Crippen LogP contribution in [-0.2, 0) is 26.9 Å². The molecule has 0 bridgehead atoms. The Kier molecular flexibility index (Phi) is 7.28. The van der Waals surface area contributed by atoms with Crippen molar-refractivity contribution < 1.29 is 37.0 Å². The molecule has 0 aliphatic rings. The average molecular weight is 489 g/mol. The van der Waals surface area contributed by atoms with Gasteiger partial charge in [-0.25, -0.2) is 14.3 Å². The highest BCUT2D eigenvalue weighted by molar-refractivity contribution is 6.03. The van der Waals surface area contributed by atoms with Crippen molar-refractivity contribution in [3.63, 3.8) is 0 Å². The first-order chi connectivity index (χ1) is 16.5. The van der Waals surface area contributed by atoms with E-state index >= 15 is 0 Å². The first-order valence-corrected chi connectivity index (χ1v) is 10.3. The van der Waals surface area contributed by atoms with Crippen molar-refractivity contribution in [1.29, 1.82) is 0 Å². The van der Waals surface area contributed by atoms with Crippen LogP contribution in [0, 0.1) is 13.8 Å². The van der Waals surface area contributed by atoms with Crippen molar-refractivity contribution in [2.24, 2.45) is 0 Å². The van der Waals surface area contributed by atoms with Crippen LogP contribution in [0.5, 0.6) is 0 Å². The van der Waals surface area contributed by atoms with E-state index in [9.17, 15) is 27.6 Å². The van der Waals surface area contributed by atoms with Gasteiger partial charge < -0.3 is 14.8 Å². The number of hydrogen-bond donors (Lipinski definition) is 1. The first-order valence-electron chi connectivity index (χ1n) is 10.3. The second-order valence-electron chi connectivity index (χ2n) is 7.58. The van der Waals surface area contributed by atoms with E-state index in [4.69, 9.17) is 4.74 Å². The SMILES string of the molecule is COC(=O)c1ccc(C(=O)OC)c(NC(=O)Cc2c(C)nn(-c3cccc(C(F)(F)F)c3)c2C)c1. The summed E-state index contributed by atoms with van der Waals surface area (Å²) >= 11 is 0. The molecule has 35 heavy (non-hydrogen) atoms. The fourth-order valence-corrected chi connectivity index (χ4v) is 3.53. The van der Waals surface area contributed by atoms with Crippen molar-refractivity contribution in [2.75, 3.05) is 19.5 Å². The summed E-state index contributed by atoms with van der Waals surface area (Å²) in [5, 5.41) is 6.90. The van der Waals surface area contributed by atoms with E-state index in [2.05, 4.69) is 15.2 Å². The molecule has 0 unspecified atom stereocenters. The Hall–Kier alpha value is -4.15. The lowest BCUT2D eigenvalue weighted by Crippen LogP contribution is -2.18. The van der Waals surface area contributed by atoms with E-state index < -0.39 is 29.6 Å². The largest absolute Gasteiger partial charge is 0.465 e. The van der Waals surface area contributed by atoms with E-state index in [1.165, 1.54) is 49.2 Å². The smallest absolute Gasteiger partial charge is 0.416 e. The third-order valence-corrected chi connectivity index (χ3v) is 5.32. The van der Waals surface area contributed by atoms with Crippen LogP contribution >= 0.6 is 0 Å². The topological polar surface area (TPSA) is 99.5 Å². The average Bonchev–Trinajstić information content (AvgIpc) is 3.10. The maximum atomic E-state index is 13.1.